The van der Waals surface area contributed by atoms with Crippen LogP contribution in [0.1, 0.15) is 34.8 Å². The maximum Gasteiger partial charge on any atom is 0.225 e. The van der Waals surface area contributed by atoms with E-state index >= 15 is 0 Å². The lowest BCUT2D eigenvalue weighted by atomic mass is 10.1. The molecule has 134 valence electrons. The second-order valence-electron chi connectivity index (χ2n) is 6.18. The fourth-order valence-electron chi connectivity index (χ4n) is 2.62. The lowest BCUT2D eigenvalue weighted by molar-refractivity contribution is -0.121. The third-order valence-electron chi connectivity index (χ3n) is 3.95. The van der Waals surface area contributed by atoms with E-state index in [1.165, 1.54) is 0 Å². The number of nitrogens with one attached hydrogen (secondary N) is 1. The van der Waals surface area contributed by atoms with Gasteiger partial charge in [0.05, 0.1) is 12.5 Å². The fourth-order valence-corrected chi connectivity index (χ4v) is 3.43. The Hall–Kier alpha value is -2.66. The third-order valence-corrected chi connectivity index (χ3v) is 5.09. The Morgan fingerprint density at radius 3 is 2.62 bits per heavy atom. The Bertz CT molecular complexity index is 861. The van der Waals surface area contributed by atoms with Gasteiger partial charge in [0.1, 0.15) is 17.4 Å². The summed E-state index contributed by atoms with van der Waals surface area (Å²) in [6.45, 7) is 4.39. The van der Waals surface area contributed by atoms with Crippen molar-refractivity contribution in [1.82, 2.24) is 10.3 Å². The van der Waals surface area contributed by atoms with Gasteiger partial charge in [-0.1, -0.05) is 48.5 Å². The molecule has 0 saturated carbocycles. The quantitative estimate of drug-likeness (QED) is 0.672. The topological polar surface area (TPSA) is 51.2 Å². The van der Waals surface area contributed by atoms with Crippen molar-refractivity contribution in [3.63, 3.8) is 0 Å². The molecule has 3 rings (SSSR count). The Kier molecular flexibility index (Phi) is 6.02. The molecule has 1 heterocycles. The molecule has 26 heavy (non-hydrogen) atoms. The molecule has 1 aromatic heterocycles. The van der Waals surface area contributed by atoms with Crippen LogP contribution >= 0.6 is 11.3 Å². The molecular formula is C21H22N2O2S. The maximum absolute atomic E-state index is 12.4. The second kappa shape index (κ2) is 8.63. The summed E-state index contributed by atoms with van der Waals surface area (Å²) < 4.78 is 5.93. The molecule has 1 amide bonds. The van der Waals surface area contributed by atoms with Gasteiger partial charge in [-0.3, -0.25) is 4.79 Å². The molecule has 1 atom stereocenters. The molecule has 0 fully saturated rings. The first kappa shape index (κ1) is 18.1. The number of hydrogen-bond acceptors (Lipinski definition) is 4. The van der Waals surface area contributed by atoms with Crippen molar-refractivity contribution in [3.05, 3.63) is 81.8 Å². The number of hydrogen-bond donors (Lipinski definition) is 1. The minimum atomic E-state index is -0.0985. The first-order valence-electron chi connectivity index (χ1n) is 8.58. The molecule has 4 nitrogen and oxygen atoms in total. The maximum atomic E-state index is 12.4. The van der Waals surface area contributed by atoms with Crippen molar-refractivity contribution >= 4 is 17.2 Å². The summed E-state index contributed by atoms with van der Waals surface area (Å²) >= 11 is 1.56. The number of thiazole rings is 1. The molecule has 0 spiro atoms. The number of carbonyl (C=O) groups excluding carboxylic acids is 1. The van der Waals surface area contributed by atoms with Gasteiger partial charge in [-0.25, -0.2) is 4.98 Å². The monoisotopic (exact) mass is 366 g/mol. The number of nitrogens with zero attached hydrogens (tertiary/aromatic N) is 1. The second-order valence-corrected chi connectivity index (χ2v) is 7.06. The molecule has 0 aliphatic rings. The number of aromatic nitrogens is 1. The zero-order chi connectivity index (χ0) is 18.4. The van der Waals surface area contributed by atoms with Crippen LogP contribution in [-0.4, -0.2) is 10.9 Å². The zero-order valence-corrected chi connectivity index (χ0v) is 15.8. The molecule has 0 aliphatic heterocycles. The first-order valence-corrected chi connectivity index (χ1v) is 9.46. The van der Waals surface area contributed by atoms with Crippen LogP contribution in [0.2, 0.25) is 0 Å². The van der Waals surface area contributed by atoms with Gasteiger partial charge in [0.25, 0.3) is 0 Å². The van der Waals surface area contributed by atoms with Gasteiger partial charge in [0.15, 0.2) is 0 Å². The normalized spacial score (nSPS) is 11.8. The van der Waals surface area contributed by atoms with Crippen molar-refractivity contribution in [2.24, 2.45) is 0 Å². The third kappa shape index (κ3) is 4.92. The summed E-state index contributed by atoms with van der Waals surface area (Å²) in [6, 6.07) is 17.6. The van der Waals surface area contributed by atoms with Gasteiger partial charge in [-0.2, -0.15) is 0 Å². The highest BCUT2D eigenvalue weighted by Crippen LogP contribution is 2.21. The van der Waals surface area contributed by atoms with E-state index in [0.717, 1.165) is 27.6 Å². The molecule has 1 N–H and O–H groups in total. The lowest BCUT2D eigenvalue weighted by Gasteiger charge is -2.14. The molecule has 0 bridgehead atoms. The van der Waals surface area contributed by atoms with E-state index in [1.54, 1.807) is 11.3 Å². The Morgan fingerprint density at radius 2 is 1.88 bits per heavy atom. The van der Waals surface area contributed by atoms with Crippen molar-refractivity contribution in [1.29, 1.82) is 0 Å². The standard InChI is InChI=1S/C21H22N2O2S/c1-15-14-26-21(22-15)16(2)23-20(24)12-18-10-6-7-11-19(18)25-13-17-8-4-3-5-9-17/h3-11,14,16H,12-13H2,1-2H3,(H,23,24). The number of rotatable bonds is 7. The van der Waals surface area contributed by atoms with E-state index < -0.39 is 0 Å². The van der Waals surface area contributed by atoms with E-state index in [4.69, 9.17) is 4.74 Å². The van der Waals surface area contributed by atoms with Crippen LogP contribution in [-0.2, 0) is 17.8 Å². The zero-order valence-electron chi connectivity index (χ0n) is 14.9. The van der Waals surface area contributed by atoms with Gasteiger partial charge >= 0.3 is 0 Å². The predicted molar refractivity (Wildman–Crippen MR) is 104 cm³/mol. The van der Waals surface area contributed by atoms with Crippen LogP contribution in [0.25, 0.3) is 0 Å². The van der Waals surface area contributed by atoms with E-state index in [-0.39, 0.29) is 18.4 Å². The van der Waals surface area contributed by atoms with Crippen LogP contribution in [0, 0.1) is 6.92 Å². The number of ether oxygens (including phenoxy) is 1. The van der Waals surface area contributed by atoms with E-state index in [0.29, 0.717) is 6.61 Å². The number of para-hydroxylation sites is 1. The molecule has 3 aromatic rings. The Morgan fingerprint density at radius 1 is 1.15 bits per heavy atom. The Balaban J connectivity index is 1.61. The summed E-state index contributed by atoms with van der Waals surface area (Å²) in [5, 5.41) is 5.92. The van der Waals surface area contributed by atoms with Crippen molar-refractivity contribution in [2.45, 2.75) is 32.9 Å². The molecule has 0 radical (unpaired) electrons. The number of benzene rings is 2. The smallest absolute Gasteiger partial charge is 0.225 e. The first-order chi connectivity index (χ1) is 12.6. The van der Waals surface area contributed by atoms with Gasteiger partial charge in [-0.05, 0) is 25.5 Å². The molecular weight excluding hydrogens is 344 g/mol. The average Bonchev–Trinajstić information content (AvgIpc) is 3.08. The van der Waals surface area contributed by atoms with E-state index in [9.17, 15) is 4.79 Å². The minimum absolute atomic E-state index is 0.0406. The molecule has 0 aliphatic carbocycles. The summed E-state index contributed by atoms with van der Waals surface area (Å²) in [7, 11) is 0. The molecule has 5 heteroatoms. The average molecular weight is 366 g/mol. The van der Waals surface area contributed by atoms with Crippen molar-refractivity contribution in [3.8, 4) is 5.75 Å². The summed E-state index contributed by atoms with van der Waals surface area (Å²) in [5.74, 6) is 0.699. The molecule has 2 aromatic carbocycles. The van der Waals surface area contributed by atoms with Crippen LogP contribution in [0.4, 0.5) is 0 Å². The number of amides is 1. The van der Waals surface area contributed by atoms with Gasteiger partial charge in [-0.15, -0.1) is 11.3 Å². The number of aryl methyl sites for hydroxylation is 1. The van der Waals surface area contributed by atoms with Crippen LogP contribution in [0.5, 0.6) is 5.75 Å². The van der Waals surface area contributed by atoms with Crippen LogP contribution in [0.3, 0.4) is 0 Å². The fraction of sp³-hybridized carbons (Fsp3) is 0.238. The van der Waals surface area contributed by atoms with E-state index in [2.05, 4.69) is 10.3 Å². The van der Waals surface area contributed by atoms with Crippen molar-refractivity contribution in [2.75, 3.05) is 0 Å². The largest absolute Gasteiger partial charge is 0.489 e. The summed E-state index contributed by atoms with van der Waals surface area (Å²) in [5.41, 5.74) is 2.95. The number of carbonyl (C=O) groups is 1. The molecule has 0 saturated heterocycles. The van der Waals surface area contributed by atoms with Crippen LogP contribution < -0.4 is 10.1 Å². The van der Waals surface area contributed by atoms with Crippen molar-refractivity contribution < 1.29 is 9.53 Å². The highest BCUT2D eigenvalue weighted by Gasteiger charge is 2.14. The SMILES string of the molecule is Cc1csc(C(C)NC(=O)Cc2ccccc2OCc2ccccc2)n1. The summed E-state index contributed by atoms with van der Waals surface area (Å²) in [4.78, 5) is 16.9. The highest BCUT2D eigenvalue weighted by atomic mass is 32.1. The minimum Gasteiger partial charge on any atom is -0.489 e. The van der Waals surface area contributed by atoms with Gasteiger partial charge in [0.2, 0.25) is 5.91 Å². The van der Waals surface area contributed by atoms with Crippen LogP contribution in [0.15, 0.2) is 60.0 Å². The lowest BCUT2D eigenvalue weighted by Crippen LogP contribution is -2.28. The molecule has 1 unspecified atom stereocenters. The van der Waals surface area contributed by atoms with Gasteiger partial charge < -0.3 is 10.1 Å². The van der Waals surface area contributed by atoms with E-state index in [1.807, 2.05) is 73.8 Å². The van der Waals surface area contributed by atoms with Gasteiger partial charge in [0, 0.05) is 16.6 Å². The predicted octanol–water partition coefficient (Wildman–Crippen LogP) is 4.45. The summed E-state index contributed by atoms with van der Waals surface area (Å²) in [6.07, 6.45) is 0.277. The Labute approximate surface area is 157 Å². The highest BCUT2D eigenvalue weighted by molar-refractivity contribution is 7.09.